The second kappa shape index (κ2) is 6.46. The summed E-state index contributed by atoms with van der Waals surface area (Å²) in [5.41, 5.74) is 1.05. The maximum Gasteiger partial charge on any atom is 0.130 e. The molecule has 0 saturated heterocycles. The molecule has 0 aromatic carbocycles. The van der Waals surface area contributed by atoms with Gasteiger partial charge >= 0.3 is 0 Å². The van der Waals surface area contributed by atoms with Gasteiger partial charge in [-0.05, 0) is 25.7 Å². The molecule has 0 bridgehead atoms. The second-order valence-electron chi connectivity index (χ2n) is 4.67. The van der Waals surface area contributed by atoms with Crippen molar-refractivity contribution >= 4 is 5.82 Å². The zero-order valence-electron chi connectivity index (χ0n) is 10.9. The highest BCUT2D eigenvalue weighted by Gasteiger charge is 2.03. The molecule has 3 nitrogen and oxygen atoms in total. The fourth-order valence-electron chi connectivity index (χ4n) is 1.50. The lowest BCUT2D eigenvalue weighted by Gasteiger charge is -2.08. The zero-order valence-corrected chi connectivity index (χ0v) is 10.9. The summed E-state index contributed by atoms with van der Waals surface area (Å²) in [4.78, 5) is 8.98. The average Bonchev–Trinajstić information content (AvgIpc) is 2.23. The van der Waals surface area contributed by atoms with Crippen LogP contribution in [0.5, 0.6) is 0 Å². The van der Waals surface area contributed by atoms with Gasteiger partial charge in [0, 0.05) is 24.7 Å². The number of nitrogens with zero attached hydrogens (tertiary/aromatic N) is 2. The van der Waals surface area contributed by atoms with E-state index >= 15 is 0 Å². The summed E-state index contributed by atoms with van der Waals surface area (Å²) < 4.78 is 0. The first kappa shape index (κ1) is 12.9. The van der Waals surface area contributed by atoms with Gasteiger partial charge in [0.15, 0.2) is 0 Å². The molecule has 0 amide bonds. The summed E-state index contributed by atoms with van der Waals surface area (Å²) in [7, 11) is 0. The van der Waals surface area contributed by atoms with Crippen LogP contribution in [0.1, 0.15) is 45.1 Å². The summed E-state index contributed by atoms with van der Waals surface area (Å²) >= 11 is 0. The molecule has 0 radical (unpaired) electrons. The van der Waals surface area contributed by atoms with Gasteiger partial charge in [0.2, 0.25) is 0 Å². The lowest BCUT2D eigenvalue weighted by molar-refractivity contribution is 0.574. The van der Waals surface area contributed by atoms with E-state index in [1.54, 1.807) is 0 Å². The van der Waals surface area contributed by atoms with Crippen LogP contribution in [0.3, 0.4) is 0 Å². The molecule has 1 rings (SSSR count). The maximum absolute atomic E-state index is 4.52. The van der Waals surface area contributed by atoms with E-state index in [1.165, 1.54) is 0 Å². The standard InChI is InChI=1S/C13H23N3/c1-5-8-14-13-9-11(4)15-12(16-13)7-6-10(2)3/h9-10H,5-8H2,1-4H3,(H,14,15,16). The number of aromatic nitrogens is 2. The number of rotatable bonds is 6. The van der Waals surface area contributed by atoms with Gasteiger partial charge in [-0.3, -0.25) is 0 Å². The van der Waals surface area contributed by atoms with E-state index in [-0.39, 0.29) is 0 Å². The van der Waals surface area contributed by atoms with E-state index < -0.39 is 0 Å². The molecule has 0 aliphatic heterocycles. The fourth-order valence-corrected chi connectivity index (χ4v) is 1.50. The maximum atomic E-state index is 4.52. The third-order valence-electron chi connectivity index (χ3n) is 2.40. The van der Waals surface area contributed by atoms with Gasteiger partial charge in [-0.25, -0.2) is 9.97 Å². The monoisotopic (exact) mass is 221 g/mol. The van der Waals surface area contributed by atoms with Gasteiger partial charge in [-0.1, -0.05) is 20.8 Å². The highest BCUT2D eigenvalue weighted by molar-refractivity contribution is 5.35. The Hall–Kier alpha value is -1.12. The first-order valence-electron chi connectivity index (χ1n) is 6.20. The van der Waals surface area contributed by atoms with Crippen LogP contribution < -0.4 is 5.32 Å². The lowest BCUT2D eigenvalue weighted by Crippen LogP contribution is -2.07. The number of aryl methyl sites for hydroxylation is 2. The van der Waals surface area contributed by atoms with Crippen molar-refractivity contribution in [1.29, 1.82) is 0 Å². The van der Waals surface area contributed by atoms with Crippen LogP contribution in [0.15, 0.2) is 6.07 Å². The van der Waals surface area contributed by atoms with Crippen LogP contribution in [0.4, 0.5) is 5.82 Å². The van der Waals surface area contributed by atoms with Gasteiger partial charge in [0.25, 0.3) is 0 Å². The molecule has 90 valence electrons. The molecule has 1 aromatic heterocycles. The highest BCUT2D eigenvalue weighted by atomic mass is 15.0. The number of nitrogens with one attached hydrogen (secondary N) is 1. The Kier molecular flexibility index (Phi) is 5.23. The smallest absolute Gasteiger partial charge is 0.130 e. The molecular weight excluding hydrogens is 198 g/mol. The molecule has 0 aliphatic carbocycles. The van der Waals surface area contributed by atoms with Crippen LogP contribution in [-0.2, 0) is 6.42 Å². The predicted octanol–water partition coefficient (Wildman–Crippen LogP) is 3.20. The van der Waals surface area contributed by atoms with Gasteiger partial charge in [0.05, 0.1) is 0 Å². The van der Waals surface area contributed by atoms with E-state index in [4.69, 9.17) is 0 Å². The van der Waals surface area contributed by atoms with Crippen molar-refractivity contribution in [3.8, 4) is 0 Å². The van der Waals surface area contributed by atoms with E-state index in [0.717, 1.165) is 43.1 Å². The van der Waals surface area contributed by atoms with Crippen LogP contribution in [0.25, 0.3) is 0 Å². The van der Waals surface area contributed by atoms with Gasteiger partial charge in [-0.2, -0.15) is 0 Å². The van der Waals surface area contributed by atoms with Gasteiger partial charge < -0.3 is 5.32 Å². The topological polar surface area (TPSA) is 37.8 Å². The van der Waals surface area contributed by atoms with E-state index in [0.29, 0.717) is 5.92 Å². The molecule has 0 saturated carbocycles. The second-order valence-corrected chi connectivity index (χ2v) is 4.67. The van der Waals surface area contributed by atoms with Crippen molar-refractivity contribution < 1.29 is 0 Å². The molecule has 0 aliphatic rings. The van der Waals surface area contributed by atoms with Crippen molar-refractivity contribution in [1.82, 2.24) is 9.97 Å². The Morgan fingerprint density at radius 2 is 2.06 bits per heavy atom. The van der Waals surface area contributed by atoms with E-state index in [1.807, 2.05) is 13.0 Å². The third-order valence-corrected chi connectivity index (χ3v) is 2.40. The van der Waals surface area contributed by atoms with Gasteiger partial charge in [0.1, 0.15) is 11.6 Å². The molecule has 0 spiro atoms. The first-order chi connectivity index (χ1) is 7.61. The number of hydrogen-bond donors (Lipinski definition) is 1. The Morgan fingerprint density at radius 3 is 2.69 bits per heavy atom. The first-order valence-corrected chi connectivity index (χ1v) is 6.20. The van der Waals surface area contributed by atoms with Crippen molar-refractivity contribution in [2.75, 3.05) is 11.9 Å². The molecule has 1 aromatic rings. The summed E-state index contributed by atoms with van der Waals surface area (Å²) in [6, 6.07) is 2.01. The summed E-state index contributed by atoms with van der Waals surface area (Å²) in [5, 5.41) is 3.31. The Bertz CT molecular complexity index is 321. The normalized spacial score (nSPS) is 10.8. The number of hydrogen-bond acceptors (Lipinski definition) is 3. The molecule has 0 atom stereocenters. The Labute approximate surface area is 98.7 Å². The minimum absolute atomic E-state index is 0.705. The van der Waals surface area contributed by atoms with E-state index in [2.05, 4.69) is 36.1 Å². The minimum atomic E-state index is 0.705. The quantitative estimate of drug-likeness (QED) is 0.801. The van der Waals surface area contributed by atoms with Crippen molar-refractivity contribution in [3.63, 3.8) is 0 Å². The lowest BCUT2D eigenvalue weighted by atomic mass is 10.1. The Balaban J connectivity index is 2.65. The number of anilines is 1. The molecule has 1 N–H and O–H groups in total. The molecule has 0 unspecified atom stereocenters. The SMILES string of the molecule is CCCNc1cc(C)nc(CCC(C)C)n1. The van der Waals surface area contributed by atoms with Crippen molar-refractivity contribution in [3.05, 3.63) is 17.6 Å². The summed E-state index contributed by atoms with van der Waals surface area (Å²) in [5.74, 6) is 2.64. The van der Waals surface area contributed by atoms with Gasteiger partial charge in [-0.15, -0.1) is 0 Å². The van der Waals surface area contributed by atoms with Crippen molar-refractivity contribution in [2.24, 2.45) is 5.92 Å². The molecule has 1 heterocycles. The minimum Gasteiger partial charge on any atom is -0.370 e. The fraction of sp³-hybridized carbons (Fsp3) is 0.692. The highest BCUT2D eigenvalue weighted by Crippen LogP contribution is 2.10. The zero-order chi connectivity index (χ0) is 12.0. The largest absolute Gasteiger partial charge is 0.370 e. The van der Waals surface area contributed by atoms with E-state index in [9.17, 15) is 0 Å². The van der Waals surface area contributed by atoms with Crippen molar-refractivity contribution in [2.45, 2.75) is 47.0 Å². The van der Waals surface area contributed by atoms with Crippen LogP contribution in [-0.4, -0.2) is 16.5 Å². The summed E-state index contributed by atoms with van der Waals surface area (Å²) in [6.45, 7) is 9.61. The molecule has 0 fully saturated rings. The summed E-state index contributed by atoms with van der Waals surface area (Å²) in [6.07, 6.45) is 3.24. The average molecular weight is 221 g/mol. The van der Waals surface area contributed by atoms with Crippen LogP contribution in [0, 0.1) is 12.8 Å². The molecule has 3 heteroatoms. The Morgan fingerprint density at radius 1 is 1.31 bits per heavy atom. The van der Waals surface area contributed by atoms with Crippen LogP contribution >= 0.6 is 0 Å². The predicted molar refractivity (Wildman–Crippen MR) is 68.7 cm³/mol. The van der Waals surface area contributed by atoms with Crippen LogP contribution in [0.2, 0.25) is 0 Å². The molecular formula is C13H23N3. The molecule has 16 heavy (non-hydrogen) atoms. The third kappa shape index (κ3) is 4.60.